The molecule has 1 aliphatic rings. The van der Waals surface area contributed by atoms with Gasteiger partial charge in [-0.2, -0.15) is 0 Å². The monoisotopic (exact) mass is 299 g/mol. The molecule has 0 fully saturated rings. The molecule has 1 aliphatic carbocycles. The number of benzene rings is 2. The van der Waals surface area contributed by atoms with Crippen molar-refractivity contribution in [3.8, 4) is 11.5 Å². The van der Waals surface area contributed by atoms with Gasteiger partial charge in [-0.3, -0.25) is 4.79 Å². The Morgan fingerprint density at radius 1 is 1.23 bits per heavy atom. The Morgan fingerprint density at radius 2 is 2.05 bits per heavy atom. The van der Waals surface area contributed by atoms with Crippen molar-refractivity contribution >= 4 is 5.91 Å². The predicted molar refractivity (Wildman–Crippen MR) is 82.5 cm³/mol. The Hall–Kier alpha value is -2.36. The van der Waals surface area contributed by atoms with E-state index < -0.39 is 0 Å². The maximum absolute atomic E-state index is 13.8. The molecule has 0 radical (unpaired) electrons. The first-order valence-electron chi connectivity index (χ1n) is 7.45. The van der Waals surface area contributed by atoms with E-state index >= 15 is 0 Å². The average molecular weight is 299 g/mol. The number of rotatable bonds is 4. The third-order valence-electron chi connectivity index (χ3n) is 3.85. The van der Waals surface area contributed by atoms with Crippen LogP contribution in [0.25, 0.3) is 0 Å². The molecule has 0 unspecified atom stereocenters. The highest BCUT2D eigenvalue weighted by Gasteiger charge is 2.20. The van der Waals surface area contributed by atoms with Crippen molar-refractivity contribution in [1.82, 2.24) is 5.32 Å². The van der Waals surface area contributed by atoms with E-state index in [1.807, 2.05) is 24.3 Å². The van der Waals surface area contributed by atoms with Gasteiger partial charge in [-0.05, 0) is 54.7 Å². The highest BCUT2D eigenvalue weighted by atomic mass is 19.1. The van der Waals surface area contributed by atoms with Gasteiger partial charge in [0.25, 0.3) is 0 Å². The molecular weight excluding hydrogens is 281 g/mol. The number of hydrogen-bond donors (Lipinski definition) is 1. The summed E-state index contributed by atoms with van der Waals surface area (Å²) in [7, 11) is 0. The van der Waals surface area contributed by atoms with Gasteiger partial charge in [0.05, 0.1) is 0 Å². The molecule has 114 valence electrons. The molecule has 2 aromatic rings. The van der Waals surface area contributed by atoms with Crippen molar-refractivity contribution in [3.05, 3.63) is 58.9 Å². The average Bonchev–Trinajstić information content (AvgIpc) is 2.99. The number of hydrogen-bond acceptors (Lipinski definition) is 2. The van der Waals surface area contributed by atoms with Gasteiger partial charge in [0.2, 0.25) is 5.91 Å². The zero-order valence-corrected chi connectivity index (χ0v) is 12.5. The molecular formula is C18H18FNO2. The van der Waals surface area contributed by atoms with E-state index in [4.69, 9.17) is 4.74 Å². The number of carbonyl (C=O) groups excluding carboxylic acids is 1. The number of nitrogens with one attached hydrogen (secondary N) is 1. The fourth-order valence-electron chi connectivity index (χ4n) is 2.80. The summed E-state index contributed by atoms with van der Waals surface area (Å²) < 4.78 is 19.7. The van der Waals surface area contributed by atoms with Crippen LogP contribution in [0.15, 0.2) is 36.4 Å². The van der Waals surface area contributed by atoms with Crippen LogP contribution in [-0.4, -0.2) is 5.91 Å². The summed E-state index contributed by atoms with van der Waals surface area (Å²) in [5.74, 6) is 1.22. The minimum absolute atomic E-state index is 0.0670. The highest BCUT2D eigenvalue weighted by molar-refractivity contribution is 5.72. The first-order chi connectivity index (χ1) is 10.6. The van der Waals surface area contributed by atoms with Gasteiger partial charge in [-0.1, -0.05) is 12.1 Å². The lowest BCUT2D eigenvalue weighted by atomic mass is 10.1. The smallest absolute Gasteiger partial charge is 0.217 e. The molecule has 0 heterocycles. The molecule has 3 nitrogen and oxygen atoms in total. The van der Waals surface area contributed by atoms with Crippen LogP contribution in [0.2, 0.25) is 0 Å². The van der Waals surface area contributed by atoms with Crippen molar-refractivity contribution in [2.24, 2.45) is 0 Å². The van der Waals surface area contributed by atoms with E-state index in [9.17, 15) is 9.18 Å². The molecule has 0 atom stereocenters. The summed E-state index contributed by atoms with van der Waals surface area (Å²) in [4.78, 5) is 11.0. The highest BCUT2D eigenvalue weighted by Crippen LogP contribution is 2.35. The van der Waals surface area contributed by atoms with Crippen LogP contribution in [0, 0.1) is 5.82 Å². The standard InChI is InChI=1S/C18H18FNO2/c1-12(21)20-11-13-4-2-5-14(10-13)22-18-9-8-17(19)15-6-3-7-16(15)18/h2,4-5,8-10H,3,6-7,11H2,1H3,(H,20,21). The van der Waals surface area contributed by atoms with Crippen molar-refractivity contribution in [2.45, 2.75) is 32.7 Å². The van der Waals surface area contributed by atoms with E-state index in [2.05, 4.69) is 5.32 Å². The fourth-order valence-corrected chi connectivity index (χ4v) is 2.80. The molecule has 2 aromatic carbocycles. The molecule has 1 amide bonds. The second-order valence-corrected chi connectivity index (χ2v) is 5.52. The lowest BCUT2D eigenvalue weighted by molar-refractivity contribution is -0.119. The summed E-state index contributed by atoms with van der Waals surface area (Å²) in [6.07, 6.45) is 2.60. The van der Waals surface area contributed by atoms with Gasteiger partial charge in [0.15, 0.2) is 0 Å². The second kappa shape index (κ2) is 6.18. The molecule has 0 aromatic heterocycles. The lowest BCUT2D eigenvalue weighted by Crippen LogP contribution is -2.18. The number of halogens is 1. The van der Waals surface area contributed by atoms with Crippen LogP contribution >= 0.6 is 0 Å². The van der Waals surface area contributed by atoms with Crippen molar-refractivity contribution in [2.75, 3.05) is 0 Å². The predicted octanol–water partition coefficient (Wildman–Crippen LogP) is 3.74. The van der Waals surface area contributed by atoms with Gasteiger partial charge in [-0.15, -0.1) is 0 Å². The van der Waals surface area contributed by atoms with Crippen LogP contribution in [-0.2, 0) is 24.2 Å². The first-order valence-corrected chi connectivity index (χ1v) is 7.45. The largest absolute Gasteiger partial charge is 0.457 e. The van der Waals surface area contributed by atoms with Gasteiger partial charge < -0.3 is 10.1 Å². The Kier molecular flexibility index (Phi) is 4.09. The zero-order valence-electron chi connectivity index (χ0n) is 12.5. The van der Waals surface area contributed by atoms with Gasteiger partial charge in [-0.25, -0.2) is 4.39 Å². The third kappa shape index (κ3) is 3.11. The normalized spacial score (nSPS) is 12.8. The molecule has 0 saturated heterocycles. The number of amides is 1. The molecule has 1 N–H and O–H groups in total. The summed E-state index contributed by atoms with van der Waals surface area (Å²) >= 11 is 0. The Balaban J connectivity index is 1.81. The molecule has 0 saturated carbocycles. The Morgan fingerprint density at radius 3 is 2.86 bits per heavy atom. The number of ether oxygens (including phenoxy) is 1. The maximum atomic E-state index is 13.8. The fraction of sp³-hybridized carbons (Fsp3) is 0.278. The number of fused-ring (bicyclic) bond motifs is 1. The lowest BCUT2D eigenvalue weighted by Gasteiger charge is -2.12. The summed E-state index contributed by atoms with van der Waals surface area (Å²) in [5.41, 5.74) is 2.73. The van der Waals surface area contributed by atoms with Crippen LogP contribution in [0.3, 0.4) is 0 Å². The summed E-state index contributed by atoms with van der Waals surface area (Å²) in [6.45, 7) is 1.95. The molecule has 0 aliphatic heterocycles. The van der Waals surface area contributed by atoms with E-state index in [1.165, 1.54) is 13.0 Å². The first kappa shape index (κ1) is 14.6. The quantitative estimate of drug-likeness (QED) is 0.934. The van der Waals surface area contributed by atoms with Crippen LogP contribution in [0.1, 0.15) is 30.0 Å². The van der Waals surface area contributed by atoms with Crippen LogP contribution < -0.4 is 10.1 Å². The third-order valence-corrected chi connectivity index (χ3v) is 3.85. The Bertz CT molecular complexity index is 712. The van der Waals surface area contributed by atoms with E-state index in [1.54, 1.807) is 6.07 Å². The molecule has 22 heavy (non-hydrogen) atoms. The van der Waals surface area contributed by atoms with Gasteiger partial charge in [0, 0.05) is 19.0 Å². The van der Waals surface area contributed by atoms with Crippen LogP contribution in [0.5, 0.6) is 11.5 Å². The van der Waals surface area contributed by atoms with Crippen molar-refractivity contribution < 1.29 is 13.9 Å². The SMILES string of the molecule is CC(=O)NCc1cccc(Oc2ccc(F)c3c2CCC3)c1. The summed E-state index contributed by atoms with van der Waals surface area (Å²) in [6, 6.07) is 10.7. The zero-order chi connectivity index (χ0) is 15.5. The molecule has 4 heteroatoms. The summed E-state index contributed by atoms with van der Waals surface area (Å²) in [5, 5.41) is 2.76. The van der Waals surface area contributed by atoms with Gasteiger partial charge in [0.1, 0.15) is 17.3 Å². The minimum Gasteiger partial charge on any atom is -0.457 e. The number of carbonyl (C=O) groups is 1. The molecule has 3 rings (SSSR count). The Labute approximate surface area is 129 Å². The topological polar surface area (TPSA) is 38.3 Å². The van der Waals surface area contributed by atoms with E-state index in [0.29, 0.717) is 12.3 Å². The van der Waals surface area contributed by atoms with E-state index in [0.717, 1.165) is 41.7 Å². The molecule has 0 spiro atoms. The van der Waals surface area contributed by atoms with E-state index in [-0.39, 0.29) is 11.7 Å². The minimum atomic E-state index is -0.140. The van der Waals surface area contributed by atoms with Gasteiger partial charge >= 0.3 is 0 Å². The molecule has 0 bridgehead atoms. The van der Waals surface area contributed by atoms with Crippen LogP contribution in [0.4, 0.5) is 4.39 Å². The van der Waals surface area contributed by atoms with Crippen molar-refractivity contribution in [1.29, 1.82) is 0 Å². The maximum Gasteiger partial charge on any atom is 0.217 e. The second-order valence-electron chi connectivity index (χ2n) is 5.52. The van der Waals surface area contributed by atoms with Crippen molar-refractivity contribution in [3.63, 3.8) is 0 Å².